The van der Waals surface area contributed by atoms with Crippen LogP contribution in [0, 0.1) is 13.8 Å². The minimum Gasteiger partial charge on any atom is -0.350 e. The third-order valence-electron chi connectivity index (χ3n) is 5.93. The van der Waals surface area contributed by atoms with Crippen molar-refractivity contribution in [1.82, 2.24) is 19.8 Å². The van der Waals surface area contributed by atoms with Crippen LogP contribution < -0.4 is 5.32 Å². The molecule has 2 aromatic heterocycles. The van der Waals surface area contributed by atoms with Crippen LogP contribution in [0.1, 0.15) is 46.2 Å². The van der Waals surface area contributed by atoms with E-state index in [4.69, 9.17) is 0 Å². The number of nitrogens with one attached hydrogen (secondary N) is 1. The number of fused-ring (bicyclic) bond motifs is 1. The zero-order valence-electron chi connectivity index (χ0n) is 17.3. The summed E-state index contributed by atoms with van der Waals surface area (Å²) in [5, 5.41) is 6.04. The summed E-state index contributed by atoms with van der Waals surface area (Å²) in [7, 11) is 0. The SMILES string of the molecule is CCC(CNC(=O)c1cc(C)n(-c2nccs2)c1C)N1CCc2ccccc2C1. The second-order valence-electron chi connectivity index (χ2n) is 7.70. The van der Waals surface area contributed by atoms with Crippen LogP contribution in [0.15, 0.2) is 41.9 Å². The molecule has 3 aromatic rings. The van der Waals surface area contributed by atoms with Crippen molar-refractivity contribution in [2.24, 2.45) is 0 Å². The van der Waals surface area contributed by atoms with Crippen LogP contribution in [0.5, 0.6) is 0 Å². The molecule has 0 bridgehead atoms. The van der Waals surface area contributed by atoms with Crippen LogP contribution in [0.4, 0.5) is 0 Å². The summed E-state index contributed by atoms with van der Waals surface area (Å²) in [5.41, 5.74) is 5.57. The Morgan fingerprint density at radius 3 is 2.79 bits per heavy atom. The van der Waals surface area contributed by atoms with Crippen molar-refractivity contribution in [1.29, 1.82) is 0 Å². The molecule has 1 N–H and O–H groups in total. The van der Waals surface area contributed by atoms with Gasteiger partial charge in [0.2, 0.25) is 0 Å². The molecule has 1 aromatic carbocycles. The Kier molecular flexibility index (Phi) is 5.83. The van der Waals surface area contributed by atoms with Gasteiger partial charge in [0.1, 0.15) is 0 Å². The normalized spacial score (nSPS) is 15.1. The summed E-state index contributed by atoms with van der Waals surface area (Å²) in [5.74, 6) is -0.00299. The summed E-state index contributed by atoms with van der Waals surface area (Å²) in [4.78, 5) is 19.8. The Labute approximate surface area is 176 Å². The third kappa shape index (κ3) is 4.00. The average Bonchev–Trinajstić information content (AvgIpc) is 3.35. The maximum atomic E-state index is 12.9. The number of amides is 1. The monoisotopic (exact) mass is 408 g/mol. The number of nitrogens with zero attached hydrogens (tertiary/aromatic N) is 3. The highest BCUT2D eigenvalue weighted by Gasteiger charge is 2.24. The summed E-state index contributed by atoms with van der Waals surface area (Å²) in [6, 6.07) is 11.0. The lowest BCUT2D eigenvalue weighted by molar-refractivity contribution is 0.0925. The van der Waals surface area contributed by atoms with Crippen molar-refractivity contribution in [3.05, 3.63) is 70.0 Å². The Balaban J connectivity index is 1.43. The quantitative estimate of drug-likeness (QED) is 0.668. The van der Waals surface area contributed by atoms with E-state index in [9.17, 15) is 4.79 Å². The largest absolute Gasteiger partial charge is 0.350 e. The average molecular weight is 409 g/mol. The summed E-state index contributed by atoms with van der Waals surface area (Å²) in [6.07, 6.45) is 3.89. The van der Waals surface area contributed by atoms with E-state index in [1.807, 2.05) is 25.3 Å². The van der Waals surface area contributed by atoms with Crippen LogP contribution in [-0.2, 0) is 13.0 Å². The third-order valence-corrected chi connectivity index (χ3v) is 6.69. The highest BCUT2D eigenvalue weighted by Crippen LogP contribution is 2.23. The van der Waals surface area contributed by atoms with E-state index in [1.54, 1.807) is 17.5 Å². The number of rotatable bonds is 6. The van der Waals surface area contributed by atoms with E-state index < -0.39 is 0 Å². The second-order valence-corrected chi connectivity index (χ2v) is 8.57. The number of aryl methyl sites for hydroxylation is 1. The fraction of sp³-hybridized carbons (Fsp3) is 0.391. The minimum atomic E-state index is -0.00299. The smallest absolute Gasteiger partial charge is 0.253 e. The summed E-state index contributed by atoms with van der Waals surface area (Å²) >= 11 is 1.58. The molecule has 1 aliphatic heterocycles. The Morgan fingerprint density at radius 2 is 2.07 bits per heavy atom. The van der Waals surface area contributed by atoms with Gasteiger partial charge in [-0.05, 0) is 43.9 Å². The maximum Gasteiger partial charge on any atom is 0.253 e. The van der Waals surface area contributed by atoms with E-state index in [1.165, 1.54) is 11.1 Å². The van der Waals surface area contributed by atoms with Gasteiger partial charge in [0, 0.05) is 48.6 Å². The van der Waals surface area contributed by atoms with Crippen molar-refractivity contribution in [3.63, 3.8) is 0 Å². The maximum absolute atomic E-state index is 12.9. The van der Waals surface area contributed by atoms with Crippen molar-refractivity contribution in [2.75, 3.05) is 13.1 Å². The van der Waals surface area contributed by atoms with Gasteiger partial charge in [-0.15, -0.1) is 11.3 Å². The minimum absolute atomic E-state index is 0.00299. The Morgan fingerprint density at radius 1 is 1.28 bits per heavy atom. The zero-order chi connectivity index (χ0) is 20.4. The van der Waals surface area contributed by atoms with Crippen LogP contribution in [0.3, 0.4) is 0 Å². The molecule has 0 radical (unpaired) electrons. The molecular weight excluding hydrogens is 380 g/mol. The van der Waals surface area contributed by atoms with Crippen LogP contribution in [0.25, 0.3) is 5.13 Å². The van der Waals surface area contributed by atoms with Gasteiger partial charge in [-0.25, -0.2) is 4.98 Å². The van der Waals surface area contributed by atoms with Crippen LogP contribution in [0.2, 0.25) is 0 Å². The van der Waals surface area contributed by atoms with E-state index in [0.717, 1.165) is 48.0 Å². The zero-order valence-corrected chi connectivity index (χ0v) is 18.1. The number of thiazole rings is 1. The molecule has 0 aliphatic carbocycles. The van der Waals surface area contributed by atoms with Crippen molar-refractivity contribution in [3.8, 4) is 5.13 Å². The lowest BCUT2D eigenvalue weighted by Crippen LogP contribution is -2.45. The fourth-order valence-electron chi connectivity index (χ4n) is 4.28. The first-order valence-electron chi connectivity index (χ1n) is 10.3. The lowest BCUT2D eigenvalue weighted by Gasteiger charge is -2.35. The first kappa shape index (κ1) is 19.9. The fourth-order valence-corrected chi connectivity index (χ4v) is 5.03. The van der Waals surface area contributed by atoms with Gasteiger partial charge < -0.3 is 5.32 Å². The molecule has 0 saturated carbocycles. The van der Waals surface area contributed by atoms with E-state index >= 15 is 0 Å². The van der Waals surface area contributed by atoms with Gasteiger partial charge in [-0.1, -0.05) is 31.2 Å². The Hall–Kier alpha value is -2.44. The molecule has 0 fully saturated rings. The second kappa shape index (κ2) is 8.51. The molecule has 5 nitrogen and oxygen atoms in total. The highest BCUT2D eigenvalue weighted by molar-refractivity contribution is 7.12. The number of hydrogen-bond donors (Lipinski definition) is 1. The van der Waals surface area contributed by atoms with Gasteiger partial charge in [0.05, 0.1) is 5.56 Å². The summed E-state index contributed by atoms with van der Waals surface area (Å²) < 4.78 is 2.05. The molecule has 1 unspecified atom stereocenters. The molecule has 1 amide bonds. The van der Waals surface area contributed by atoms with E-state index in [2.05, 4.69) is 51.0 Å². The topological polar surface area (TPSA) is 50.2 Å². The molecular formula is C23H28N4OS. The molecule has 3 heterocycles. The van der Waals surface area contributed by atoms with Gasteiger partial charge in [-0.3, -0.25) is 14.3 Å². The number of aromatic nitrogens is 2. The van der Waals surface area contributed by atoms with Crippen molar-refractivity contribution in [2.45, 2.75) is 46.2 Å². The molecule has 152 valence electrons. The first-order valence-corrected chi connectivity index (χ1v) is 11.1. The Bertz CT molecular complexity index is 992. The predicted molar refractivity (Wildman–Crippen MR) is 118 cm³/mol. The predicted octanol–water partition coefficient (Wildman–Crippen LogP) is 4.12. The molecule has 6 heteroatoms. The van der Waals surface area contributed by atoms with E-state index in [-0.39, 0.29) is 5.91 Å². The molecule has 4 rings (SSSR count). The number of carbonyl (C=O) groups is 1. The van der Waals surface area contributed by atoms with Crippen LogP contribution in [-0.4, -0.2) is 39.5 Å². The van der Waals surface area contributed by atoms with Crippen molar-refractivity contribution < 1.29 is 4.79 Å². The lowest BCUT2D eigenvalue weighted by atomic mass is 9.98. The molecule has 29 heavy (non-hydrogen) atoms. The molecule has 1 atom stereocenters. The van der Waals surface area contributed by atoms with Gasteiger partial charge >= 0.3 is 0 Å². The summed E-state index contributed by atoms with van der Waals surface area (Å²) in [6.45, 7) is 8.88. The highest BCUT2D eigenvalue weighted by atomic mass is 32.1. The first-order chi connectivity index (χ1) is 14.1. The van der Waals surface area contributed by atoms with E-state index in [0.29, 0.717) is 12.6 Å². The standard InChI is InChI=1S/C23H28N4OS/c1-4-20(26-11-9-18-7-5-6-8-19(18)15-26)14-25-22(28)21-13-16(2)27(17(21)3)23-24-10-12-29-23/h5-8,10,12-13,20H,4,9,11,14-15H2,1-3H3,(H,25,28). The van der Waals surface area contributed by atoms with Crippen LogP contribution >= 0.6 is 11.3 Å². The number of hydrogen-bond acceptors (Lipinski definition) is 4. The van der Waals surface area contributed by atoms with Crippen molar-refractivity contribution >= 4 is 17.2 Å². The number of carbonyl (C=O) groups excluding carboxylic acids is 1. The molecule has 0 saturated heterocycles. The van der Waals surface area contributed by atoms with Gasteiger partial charge in [0.15, 0.2) is 5.13 Å². The van der Waals surface area contributed by atoms with Gasteiger partial charge in [-0.2, -0.15) is 0 Å². The van der Waals surface area contributed by atoms with Gasteiger partial charge in [0.25, 0.3) is 5.91 Å². The number of benzene rings is 1. The molecule has 0 spiro atoms. The molecule has 1 aliphatic rings.